The number of aliphatic hydroxyl groups is 1. The van der Waals surface area contributed by atoms with Gasteiger partial charge in [-0.2, -0.15) is 5.10 Å². The lowest BCUT2D eigenvalue weighted by Crippen LogP contribution is -2.30. The number of rotatable bonds is 3. The van der Waals surface area contributed by atoms with Gasteiger partial charge in [0.15, 0.2) is 5.65 Å². The Morgan fingerprint density at radius 3 is 3.06 bits per heavy atom. The molecule has 16 heavy (non-hydrogen) atoms. The molecule has 0 saturated carbocycles. The van der Waals surface area contributed by atoms with Gasteiger partial charge >= 0.3 is 0 Å². The quantitative estimate of drug-likeness (QED) is 0.753. The van der Waals surface area contributed by atoms with Gasteiger partial charge in [0.05, 0.1) is 18.8 Å². The van der Waals surface area contributed by atoms with Gasteiger partial charge in [-0.3, -0.25) is 4.79 Å². The summed E-state index contributed by atoms with van der Waals surface area (Å²) < 4.78 is 2.62. The third-order valence-corrected chi connectivity index (χ3v) is 2.93. The van der Waals surface area contributed by atoms with E-state index in [2.05, 4.69) is 31.3 Å². The molecule has 86 valence electrons. The summed E-state index contributed by atoms with van der Waals surface area (Å²) in [4.78, 5) is 11.9. The van der Waals surface area contributed by atoms with E-state index in [1.54, 1.807) is 7.05 Å². The van der Waals surface area contributed by atoms with Crippen molar-refractivity contribution in [3.05, 3.63) is 16.6 Å². The summed E-state index contributed by atoms with van der Waals surface area (Å²) in [7, 11) is 1.69. The van der Waals surface area contributed by atoms with E-state index in [0.29, 0.717) is 16.4 Å². The predicted molar refractivity (Wildman–Crippen MR) is 60.4 cm³/mol. The summed E-state index contributed by atoms with van der Waals surface area (Å²) in [5.74, 6) is 0. The second-order valence-corrected chi connectivity index (χ2v) is 4.04. The van der Waals surface area contributed by atoms with Crippen molar-refractivity contribution >= 4 is 27.0 Å². The van der Waals surface area contributed by atoms with E-state index in [-0.39, 0.29) is 12.1 Å². The first kappa shape index (κ1) is 11.2. The van der Waals surface area contributed by atoms with Crippen LogP contribution < -0.4 is 5.56 Å². The molecule has 0 radical (unpaired) electrons. The van der Waals surface area contributed by atoms with Crippen molar-refractivity contribution in [3.63, 3.8) is 0 Å². The first-order valence-electron chi connectivity index (χ1n) is 4.63. The smallest absolute Gasteiger partial charge is 0.280 e. The Bertz CT molecular complexity index is 563. The van der Waals surface area contributed by atoms with E-state index in [0.717, 1.165) is 4.68 Å². The molecule has 7 nitrogen and oxygen atoms in total. The number of hydrogen-bond acceptors (Lipinski definition) is 5. The van der Waals surface area contributed by atoms with Crippen LogP contribution in [0, 0.1) is 0 Å². The molecule has 0 aromatic carbocycles. The largest absolute Gasteiger partial charge is 0.390 e. The summed E-state index contributed by atoms with van der Waals surface area (Å²) in [5, 5.41) is 21.7. The average Bonchev–Trinajstić information content (AvgIpc) is 2.65. The fourth-order valence-electron chi connectivity index (χ4n) is 1.34. The Labute approximate surface area is 98.8 Å². The molecule has 0 amide bonds. The minimum Gasteiger partial charge on any atom is -0.390 e. The predicted octanol–water partition coefficient (Wildman–Crippen LogP) is -0.719. The minimum absolute atomic E-state index is 0.113. The highest BCUT2D eigenvalue weighted by Gasteiger charge is 2.11. The van der Waals surface area contributed by atoms with Crippen LogP contribution in [0.25, 0.3) is 11.0 Å². The van der Waals surface area contributed by atoms with Gasteiger partial charge in [-0.1, -0.05) is 21.1 Å². The van der Waals surface area contributed by atoms with Crippen LogP contribution in [-0.4, -0.2) is 41.3 Å². The maximum atomic E-state index is 11.9. The zero-order valence-corrected chi connectivity index (χ0v) is 10.1. The topological polar surface area (TPSA) is 85.8 Å². The van der Waals surface area contributed by atoms with Gasteiger partial charge in [-0.15, -0.1) is 5.10 Å². The Morgan fingerprint density at radius 1 is 1.62 bits per heavy atom. The standard InChI is InChI=1S/C8H10BrN5O2/c1-13-7-6(3-10-13)8(16)14(12-11-7)4-5(15)2-9/h3,5,15H,2,4H2,1H3. The highest BCUT2D eigenvalue weighted by atomic mass is 79.9. The molecule has 0 aliphatic rings. The highest BCUT2D eigenvalue weighted by molar-refractivity contribution is 9.09. The molecule has 0 saturated heterocycles. The SMILES string of the molecule is Cn1ncc2c(=O)n(CC(O)CBr)nnc21. The third kappa shape index (κ3) is 1.85. The van der Waals surface area contributed by atoms with Gasteiger partial charge in [0, 0.05) is 12.4 Å². The number of nitrogens with zero attached hydrogens (tertiary/aromatic N) is 5. The molecule has 0 fully saturated rings. The van der Waals surface area contributed by atoms with Gasteiger partial charge in [0.2, 0.25) is 0 Å². The molecule has 1 atom stereocenters. The van der Waals surface area contributed by atoms with Crippen molar-refractivity contribution in [1.82, 2.24) is 24.8 Å². The molecule has 0 aliphatic carbocycles. The maximum Gasteiger partial charge on any atom is 0.280 e. The lowest BCUT2D eigenvalue weighted by atomic mass is 10.4. The summed E-state index contributed by atoms with van der Waals surface area (Å²) in [6, 6.07) is 0. The van der Waals surface area contributed by atoms with Crippen molar-refractivity contribution in [2.45, 2.75) is 12.6 Å². The van der Waals surface area contributed by atoms with Crippen LogP contribution in [0.1, 0.15) is 0 Å². The third-order valence-electron chi connectivity index (χ3n) is 2.18. The maximum absolute atomic E-state index is 11.9. The Hall–Kier alpha value is -1.28. The van der Waals surface area contributed by atoms with Crippen LogP contribution in [0.4, 0.5) is 0 Å². The van der Waals surface area contributed by atoms with Gasteiger partial charge in [0.25, 0.3) is 5.56 Å². The van der Waals surface area contributed by atoms with E-state index in [4.69, 9.17) is 0 Å². The van der Waals surface area contributed by atoms with Crippen molar-refractivity contribution < 1.29 is 5.11 Å². The van der Waals surface area contributed by atoms with Crippen LogP contribution in [-0.2, 0) is 13.6 Å². The second-order valence-electron chi connectivity index (χ2n) is 3.39. The van der Waals surface area contributed by atoms with E-state index in [1.165, 1.54) is 10.9 Å². The van der Waals surface area contributed by atoms with E-state index in [9.17, 15) is 9.90 Å². The zero-order valence-electron chi connectivity index (χ0n) is 8.54. The average molecular weight is 288 g/mol. The molecule has 2 aromatic heterocycles. The molecule has 0 spiro atoms. The lowest BCUT2D eigenvalue weighted by Gasteiger charge is -2.07. The molecular formula is C8H10BrN5O2. The number of aliphatic hydroxyl groups excluding tert-OH is 1. The fourth-order valence-corrected chi connectivity index (χ4v) is 1.55. The van der Waals surface area contributed by atoms with Crippen molar-refractivity contribution in [3.8, 4) is 0 Å². The number of alkyl halides is 1. The molecule has 1 unspecified atom stereocenters. The Balaban J connectivity index is 2.49. The van der Waals surface area contributed by atoms with Gasteiger partial charge < -0.3 is 5.11 Å². The molecule has 1 N–H and O–H groups in total. The number of aryl methyl sites for hydroxylation is 1. The van der Waals surface area contributed by atoms with Gasteiger partial charge in [-0.25, -0.2) is 9.36 Å². The number of aromatic nitrogens is 5. The van der Waals surface area contributed by atoms with Crippen LogP contribution in [0.3, 0.4) is 0 Å². The van der Waals surface area contributed by atoms with Gasteiger partial charge in [0.1, 0.15) is 5.39 Å². The fraction of sp³-hybridized carbons (Fsp3) is 0.500. The van der Waals surface area contributed by atoms with Crippen molar-refractivity contribution in [2.75, 3.05) is 5.33 Å². The molecule has 2 heterocycles. The Morgan fingerprint density at radius 2 is 2.38 bits per heavy atom. The van der Waals surface area contributed by atoms with Crippen LogP contribution in [0.5, 0.6) is 0 Å². The summed E-state index contributed by atoms with van der Waals surface area (Å²) >= 11 is 3.12. The van der Waals surface area contributed by atoms with Crippen molar-refractivity contribution in [1.29, 1.82) is 0 Å². The minimum atomic E-state index is -0.666. The van der Waals surface area contributed by atoms with Crippen LogP contribution >= 0.6 is 15.9 Å². The monoisotopic (exact) mass is 287 g/mol. The lowest BCUT2D eigenvalue weighted by molar-refractivity contribution is 0.170. The van der Waals surface area contributed by atoms with Crippen molar-refractivity contribution in [2.24, 2.45) is 7.05 Å². The number of fused-ring (bicyclic) bond motifs is 1. The normalized spacial score (nSPS) is 13.2. The van der Waals surface area contributed by atoms with Gasteiger partial charge in [-0.05, 0) is 0 Å². The molecular weight excluding hydrogens is 278 g/mol. The summed E-state index contributed by atoms with van der Waals surface area (Å²) in [5.41, 5.74) is 0.146. The van der Waals surface area contributed by atoms with E-state index >= 15 is 0 Å². The zero-order chi connectivity index (χ0) is 11.7. The molecule has 0 aliphatic heterocycles. The first-order chi connectivity index (χ1) is 7.63. The highest BCUT2D eigenvalue weighted by Crippen LogP contribution is 2.02. The first-order valence-corrected chi connectivity index (χ1v) is 5.75. The Kier molecular flexibility index (Phi) is 3.01. The molecule has 8 heteroatoms. The van der Waals surface area contributed by atoms with Crippen LogP contribution in [0.2, 0.25) is 0 Å². The molecule has 2 aromatic rings. The summed E-state index contributed by atoms with van der Waals surface area (Å²) in [6.45, 7) is 0.113. The van der Waals surface area contributed by atoms with E-state index in [1.807, 2.05) is 0 Å². The second kappa shape index (κ2) is 4.30. The van der Waals surface area contributed by atoms with E-state index < -0.39 is 6.10 Å². The molecule has 2 rings (SSSR count). The molecule has 0 bridgehead atoms. The summed E-state index contributed by atoms with van der Waals surface area (Å²) in [6.07, 6.45) is 0.782. The number of hydrogen-bond donors (Lipinski definition) is 1. The number of halogens is 1. The van der Waals surface area contributed by atoms with Crippen LogP contribution in [0.15, 0.2) is 11.0 Å².